The number of nitrogens with zero attached hydrogens (tertiary/aromatic N) is 1. The standard InChI is InChI=1S/C21H25NO5/c1-27-18-9-2-14(3-10-18)12-21(25)22(26)16-6-4-15(5-7-16)19-11-8-17(23)13-20(19)24/h2-3,8-11,13,15-16,23-24,26H,4-7,12H2,1H3. The molecule has 0 atom stereocenters. The summed E-state index contributed by atoms with van der Waals surface area (Å²) in [7, 11) is 1.59. The van der Waals surface area contributed by atoms with Gasteiger partial charge in [-0.1, -0.05) is 18.2 Å². The first-order valence-electron chi connectivity index (χ1n) is 9.13. The van der Waals surface area contributed by atoms with E-state index in [1.807, 2.05) is 12.1 Å². The van der Waals surface area contributed by atoms with Crippen molar-refractivity contribution in [2.45, 2.75) is 44.1 Å². The third-order valence-electron chi connectivity index (χ3n) is 5.27. The first-order chi connectivity index (χ1) is 13.0. The van der Waals surface area contributed by atoms with Gasteiger partial charge < -0.3 is 14.9 Å². The molecule has 6 heteroatoms. The van der Waals surface area contributed by atoms with E-state index >= 15 is 0 Å². The van der Waals surface area contributed by atoms with Crippen LogP contribution in [0.4, 0.5) is 0 Å². The monoisotopic (exact) mass is 371 g/mol. The maximum atomic E-state index is 12.4. The average molecular weight is 371 g/mol. The zero-order chi connectivity index (χ0) is 19.4. The van der Waals surface area contributed by atoms with E-state index in [9.17, 15) is 20.2 Å². The van der Waals surface area contributed by atoms with Crippen molar-refractivity contribution < 1.29 is 25.0 Å². The average Bonchev–Trinajstić information content (AvgIpc) is 2.68. The summed E-state index contributed by atoms with van der Waals surface area (Å²) in [5.41, 5.74) is 1.63. The second-order valence-electron chi connectivity index (χ2n) is 7.01. The third-order valence-corrected chi connectivity index (χ3v) is 5.27. The number of methoxy groups -OCH3 is 1. The molecule has 2 aromatic carbocycles. The molecule has 1 amide bonds. The van der Waals surface area contributed by atoms with E-state index in [1.54, 1.807) is 31.4 Å². The topological polar surface area (TPSA) is 90.2 Å². The van der Waals surface area contributed by atoms with E-state index in [0.717, 1.165) is 34.8 Å². The number of phenolic OH excluding ortho intramolecular Hbond substituents is 2. The first-order valence-corrected chi connectivity index (χ1v) is 9.13. The highest BCUT2D eigenvalue weighted by atomic mass is 16.5. The van der Waals surface area contributed by atoms with Crippen molar-refractivity contribution >= 4 is 5.91 Å². The molecule has 0 radical (unpaired) electrons. The summed E-state index contributed by atoms with van der Waals surface area (Å²) in [5.74, 6) is 0.691. The van der Waals surface area contributed by atoms with Crippen LogP contribution < -0.4 is 4.74 Å². The van der Waals surface area contributed by atoms with Crippen molar-refractivity contribution in [3.8, 4) is 17.2 Å². The molecule has 144 valence electrons. The summed E-state index contributed by atoms with van der Waals surface area (Å²) in [6.45, 7) is 0. The number of carbonyl (C=O) groups is 1. The zero-order valence-electron chi connectivity index (χ0n) is 15.3. The lowest BCUT2D eigenvalue weighted by atomic mass is 9.81. The van der Waals surface area contributed by atoms with Crippen LogP contribution in [-0.4, -0.2) is 39.5 Å². The molecule has 1 saturated carbocycles. The molecule has 0 heterocycles. The predicted octanol–water partition coefficient (Wildman–Crippen LogP) is 3.59. The van der Waals surface area contributed by atoms with Gasteiger partial charge in [0.05, 0.1) is 19.6 Å². The van der Waals surface area contributed by atoms with Crippen LogP contribution in [0.25, 0.3) is 0 Å². The molecule has 0 spiro atoms. The number of amides is 1. The third kappa shape index (κ3) is 4.52. The normalized spacial score (nSPS) is 19.5. The highest BCUT2D eigenvalue weighted by Crippen LogP contribution is 2.39. The molecule has 3 rings (SSSR count). The summed E-state index contributed by atoms with van der Waals surface area (Å²) in [5, 5.41) is 30.6. The zero-order valence-corrected chi connectivity index (χ0v) is 15.3. The van der Waals surface area contributed by atoms with Gasteiger partial charge in [-0.05, 0) is 60.9 Å². The Morgan fingerprint density at radius 1 is 1.07 bits per heavy atom. The molecule has 0 saturated heterocycles. The fraction of sp³-hybridized carbons (Fsp3) is 0.381. The molecule has 27 heavy (non-hydrogen) atoms. The Morgan fingerprint density at radius 2 is 1.74 bits per heavy atom. The van der Waals surface area contributed by atoms with E-state index in [2.05, 4.69) is 0 Å². The molecule has 0 aromatic heterocycles. The number of hydrogen-bond donors (Lipinski definition) is 3. The van der Waals surface area contributed by atoms with E-state index in [-0.39, 0.29) is 35.8 Å². The maximum absolute atomic E-state index is 12.4. The Kier molecular flexibility index (Phi) is 5.86. The molecular formula is C21H25NO5. The SMILES string of the molecule is COc1ccc(CC(=O)N(O)C2CCC(c3ccc(O)cc3O)CC2)cc1. The van der Waals surface area contributed by atoms with Crippen molar-refractivity contribution in [3.63, 3.8) is 0 Å². The number of carbonyl (C=O) groups excluding carboxylic acids is 1. The van der Waals surface area contributed by atoms with Gasteiger partial charge in [-0.3, -0.25) is 10.0 Å². The van der Waals surface area contributed by atoms with Crippen LogP contribution in [0, 0.1) is 0 Å². The molecule has 0 unspecified atom stereocenters. The van der Waals surface area contributed by atoms with Crippen LogP contribution in [0.3, 0.4) is 0 Å². The second-order valence-corrected chi connectivity index (χ2v) is 7.01. The summed E-state index contributed by atoms with van der Waals surface area (Å²) < 4.78 is 5.10. The smallest absolute Gasteiger partial charge is 0.250 e. The molecule has 6 nitrogen and oxygen atoms in total. The van der Waals surface area contributed by atoms with Crippen molar-refractivity contribution in [1.82, 2.24) is 5.06 Å². The Balaban J connectivity index is 1.55. The minimum Gasteiger partial charge on any atom is -0.508 e. The Morgan fingerprint density at radius 3 is 2.33 bits per heavy atom. The molecule has 2 aromatic rings. The van der Waals surface area contributed by atoms with Crippen LogP contribution >= 0.6 is 0 Å². The van der Waals surface area contributed by atoms with Crippen LogP contribution in [0.15, 0.2) is 42.5 Å². The minimum absolute atomic E-state index is 0.0376. The van der Waals surface area contributed by atoms with Crippen molar-refractivity contribution in [1.29, 1.82) is 0 Å². The lowest BCUT2D eigenvalue weighted by Crippen LogP contribution is -2.40. The molecular weight excluding hydrogens is 346 g/mol. The summed E-state index contributed by atoms with van der Waals surface area (Å²) in [4.78, 5) is 12.4. The van der Waals surface area contributed by atoms with E-state index in [4.69, 9.17) is 4.74 Å². The molecule has 0 aliphatic heterocycles. The Bertz CT molecular complexity index is 782. The number of benzene rings is 2. The fourth-order valence-corrected chi connectivity index (χ4v) is 3.71. The Hall–Kier alpha value is -2.73. The fourth-order valence-electron chi connectivity index (χ4n) is 3.71. The van der Waals surface area contributed by atoms with Crippen molar-refractivity contribution in [2.75, 3.05) is 7.11 Å². The number of hydrogen-bond acceptors (Lipinski definition) is 5. The quantitative estimate of drug-likeness (QED) is 0.552. The summed E-state index contributed by atoms with van der Waals surface area (Å²) in [6.07, 6.45) is 2.98. The number of rotatable bonds is 5. The van der Waals surface area contributed by atoms with Gasteiger partial charge in [-0.2, -0.15) is 0 Å². The second kappa shape index (κ2) is 8.31. The van der Waals surface area contributed by atoms with Crippen molar-refractivity contribution in [3.05, 3.63) is 53.6 Å². The number of hydroxylamine groups is 2. The van der Waals surface area contributed by atoms with E-state index in [0.29, 0.717) is 12.8 Å². The van der Waals surface area contributed by atoms with Gasteiger partial charge in [0.15, 0.2) is 0 Å². The van der Waals surface area contributed by atoms with Crippen LogP contribution in [-0.2, 0) is 11.2 Å². The largest absolute Gasteiger partial charge is 0.508 e. The van der Waals surface area contributed by atoms with Crippen LogP contribution in [0.5, 0.6) is 17.2 Å². The van der Waals surface area contributed by atoms with Gasteiger partial charge in [0.25, 0.3) is 5.91 Å². The van der Waals surface area contributed by atoms with E-state index in [1.165, 1.54) is 6.07 Å². The maximum Gasteiger partial charge on any atom is 0.250 e. The highest BCUT2D eigenvalue weighted by Gasteiger charge is 2.29. The van der Waals surface area contributed by atoms with Crippen LogP contribution in [0.1, 0.15) is 42.7 Å². The van der Waals surface area contributed by atoms with Crippen LogP contribution in [0.2, 0.25) is 0 Å². The van der Waals surface area contributed by atoms with Gasteiger partial charge >= 0.3 is 0 Å². The molecule has 1 fully saturated rings. The van der Waals surface area contributed by atoms with Gasteiger partial charge in [0.2, 0.25) is 0 Å². The number of aromatic hydroxyl groups is 2. The van der Waals surface area contributed by atoms with Gasteiger partial charge in [0.1, 0.15) is 17.2 Å². The van der Waals surface area contributed by atoms with Crippen molar-refractivity contribution in [2.24, 2.45) is 0 Å². The molecule has 1 aliphatic carbocycles. The lowest BCUT2D eigenvalue weighted by Gasteiger charge is -2.33. The minimum atomic E-state index is -0.323. The first kappa shape index (κ1) is 19.0. The highest BCUT2D eigenvalue weighted by molar-refractivity contribution is 5.78. The number of phenols is 2. The van der Waals surface area contributed by atoms with Gasteiger partial charge in [-0.15, -0.1) is 0 Å². The molecule has 0 bridgehead atoms. The lowest BCUT2D eigenvalue weighted by molar-refractivity contribution is -0.178. The Labute approximate surface area is 158 Å². The number of ether oxygens (including phenoxy) is 1. The van der Waals surface area contributed by atoms with E-state index < -0.39 is 0 Å². The summed E-state index contributed by atoms with van der Waals surface area (Å²) in [6, 6.07) is 11.6. The van der Waals surface area contributed by atoms with Gasteiger partial charge in [-0.25, -0.2) is 5.06 Å². The van der Waals surface area contributed by atoms with Gasteiger partial charge in [0, 0.05) is 6.07 Å². The summed E-state index contributed by atoms with van der Waals surface area (Å²) >= 11 is 0. The molecule has 3 N–H and O–H groups in total. The molecule has 1 aliphatic rings. The predicted molar refractivity (Wildman–Crippen MR) is 100 cm³/mol.